The third-order valence-electron chi connectivity index (χ3n) is 3.02. The number of nitrogens with zero attached hydrogens (tertiary/aromatic N) is 1. The molecule has 3 rings (SSSR count). The summed E-state index contributed by atoms with van der Waals surface area (Å²) in [7, 11) is 0. The summed E-state index contributed by atoms with van der Waals surface area (Å²) in [5, 5.41) is 0. The van der Waals surface area contributed by atoms with Crippen LogP contribution in [-0.2, 0) is 25.6 Å². The van der Waals surface area contributed by atoms with Gasteiger partial charge in [-0.1, -0.05) is 12.1 Å². The van der Waals surface area contributed by atoms with E-state index < -0.39 is 23.8 Å². The van der Waals surface area contributed by atoms with Crippen molar-refractivity contribution in [3.05, 3.63) is 34.8 Å². The molecule has 20 heavy (non-hydrogen) atoms. The molecule has 0 amide bonds. The minimum atomic E-state index is -0.878. The fraction of sp³-hybridized carbons (Fsp3) is 0.308. The number of aromatic nitrogens is 1. The monoisotopic (exact) mass is 277 g/mol. The van der Waals surface area contributed by atoms with Crippen LogP contribution < -0.4 is 5.76 Å². The third-order valence-corrected chi connectivity index (χ3v) is 3.02. The molecule has 1 saturated heterocycles. The van der Waals surface area contributed by atoms with Crippen LogP contribution in [0.5, 0.6) is 0 Å². The first-order chi connectivity index (χ1) is 9.65. The topological polar surface area (TPSA) is 87.7 Å². The normalized spacial score (nSPS) is 18.2. The van der Waals surface area contributed by atoms with Crippen LogP contribution in [0, 0.1) is 0 Å². The van der Waals surface area contributed by atoms with E-state index in [1.807, 2.05) is 0 Å². The molecular formula is C13H11NO6. The minimum Gasteiger partial charge on any atom is -0.463 e. The van der Waals surface area contributed by atoms with Crippen molar-refractivity contribution in [2.45, 2.75) is 19.1 Å². The Balaban J connectivity index is 1.79. The predicted octanol–water partition coefficient (Wildman–Crippen LogP) is 0.453. The largest absolute Gasteiger partial charge is 0.463 e. The number of carbonyl (C=O) groups is 2. The lowest BCUT2D eigenvalue weighted by molar-refractivity contribution is -0.160. The molecule has 104 valence electrons. The lowest BCUT2D eigenvalue weighted by Crippen LogP contribution is -2.27. The summed E-state index contributed by atoms with van der Waals surface area (Å²) in [6.45, 7) is -0.0645. The maximum atomic E-state index is 11.8. The van der Waals surface area contributed by atoms with Gasteiger partial charge in [0.25, 0.3) is 0 Å². The van der Waals surface area contributed by atoms with Crippen LogP contribution in [0.3, 0.4) is 0 Å². The Bertz CT molecular complexity index is 728. The third kappa shape index (κ3) is 2.18. The van der Waals surface area contributed by atoms with E-state index >= 15 is 0 Å². The van der Waals surface area contributed by atoms with E-state index in [-0.39, 0.29) is 13.2 Å². The van der Waals surface area contributed by atoms with Gasteiger partial charge in [0.15, 0.2) is 5.58 Å². The smallest absolute Gasteiger partial charge is 0.420 e. The molecule has 0 unspecified atom stereocenters. The molecule has 0 radical (unpaired) electrons. The lowest BCUT2D eigenvalue weighted by atomic mass is 10.3. The molecular weight excluding hydrogens is 266 g/mol. The fourth-order valence-corrected chi connectivity index (χ4v) is 2.07. The van der Waals surface area contributed by atoms with Crippen molar-refractivity contribution < 1.29 is 23.5 Å². The summed E-state index contributed by atoms with van der Waals surface area (Å²) in [6.07, 6.45) is -0.539. The van der Waals surface area contributed by atoms with Crippen molar-refractivity contribution in [1.82, 2.24) is 4.57 Å². The molecule has 2 heterocycles. The maximum Gasteiger partial charge on any atom is 0.420 e. The van der Waals surface area contributed by atoms with E-state index in [9.17, 15) is 14.4 Å². The van der Waals surface area contributed by atoms with Gasteiger partial charge in [-0.15, -0.1) is 0 Å². The molecule has 1 aliphatic heterocycles. The summed E-state index contributed by atoms with van der Waals surface area (Å²) in [5.41, 5.74) is 0.897. The van der Waals surface area contributed by atoms with Gasteiger partial charge in [0.05, 0.1) is 12.1 Å². The van der Waals surface area contributed by atoms with Crippen molar-refractivity contribution in [1.29, 1.82) is 0 Å². The summed E-state index contributed by atoms with van der Waals surface area (Å²) in [6, 6.07) is 6.75. The van der Waals surface area contributed by atoms with Crippen molar-refractivity contribution in [2.24, 2.45) is 0 Å². The zero-order valence-corrected chi connectivity index (χ0v) is 10.4. The molecule has 1 fully saturated rings. The zero-order valence-electron chi connectivity index (χ0n) is 10.4. The first kappa shape index (κ1) is 12.5. The number of oxazole rings is 1. The molecule has 1 aromatic heterocycles. The number of cyclic esters (lactones) is 1. The van der Waals surface area contributed by atoms with Gasteiger partial charge in [-0.05, 0) is 12.1 Å². The fourth-order valence-electron chi connectivity index (χ4n) is 2.07. The number of hydrogen-bond acceptors (Lipinski definition) is 6. The highest BCUT2D eigenvalue weighted by atomic mass is 16.6. The molecule has 1 aromatic carbocycles. The number of hydrogen-bond donors (Lipinski definition) is 0. The number of ether oxygens (including phenoxy) is 2. The lowest BCUT2D eigenvalue weighted by Gasteiger charge is -2.08. The molecule has 7 nitrogen and oxygen atoms in total. The van der Waals surface area contributed by atoms with Gasteiger partial charge in [-0.2, -0.15) is 0 Å². The first-order valence-electron chi connectivity index (χ1n) is 6.09. The summed E-state index contributed by atoms with van der Waals surface area (Å²) < 4.78 is 15.8. The number of para-hydroxylation sites is 2. The van der Waals surface area contributed by atoms with E-state index in [0.717, 1.165) is 4.57 Å². The summed E-state index contributed by atoms with van der Waals surface area (Å²) >= 11 is 0. The Morgan fingerprint density at radius 3 is 2.90 bits per heavy atom. The van der Waals surface area contributed by atoms with Gasteiger partial charge in [0.2, 0.25) is 6.10 Å². The molecule has 0 saturated carbocycles. The predicted molar refractivity (Wildman–Crippen MR) is 65.9 cm³/mol. The maximum absolute atomic E-state index is 11.8. The van der Waals surface area contributed by atoms with Gasteiger partial charge in [-0.25, -0.2) is 9.59 Å². The number of fused-ring (bicyclic) bond motifs is 1. The highest BCUT2D eigenvalue weighted by molar-refractivity contribution is 5.81. The highest BCUT2D eigenvalue weighted by Crippen LogP contribution is 2.13. The highest BCUT2D eigenvalue weighted by Gasteiger charge is 2.30. The van der Waals surface area contributed by atoms with Crippen molar-refractivity contribution in [2.75, 3.05) is 6.61 Å². The molecule has 0 bridgehead atoms. The molecule has 0 spiro atoms. The van der Waals surface area contributed by atoms with E-state index in [1.54, 1.807) is 24.3 Å². The Morgan fingerprint density at radius 2 is 2.15 bits per heavy atom. The van der Waals surface area contributed by atoms with Gasteiger partial charge in [-0.3, -0.25) is 9.36 Å². The number of benzene rings is 1. The zero-order chi connectivity index (χ0) is 14.1. The van der Waals surface area contributed by atoms with Gasteiger partial charge in [0, 0.05) is 6.42 Å². The van der Waals surface area contributed by atoms with Crippen LogP contribution in [0.2, 0.25) is 0 Å². The van der Waals surface area contributed by atoms with Gasteiger partial charge in [0.1, 0.15) is 6.54 Å². The van der Waals surface area contributed by atoms with Crippen molar-refractivity contribution >= 4 is 23.0 Å². The average molecular weight is 277 g/mol. The Kier molecular flexibility index (Phi) is 3.02. The Hall–Kier alpha value is -2.57. The second kappa shape index (κ2) is 4.84. The molecule has 2 aromatic rings. The number of esters is 2. The van der Waals surface area contributed by atoms with Crippen molar-refractivity contribution in [3.8, 4) is 0 Å². The standard InChI is InChI=1S/C13H11NO6/c15-11(19-10-5-6-18-12(10)16)7-14-8-3-1-2-4-9(8)20-13(14)17/h1-4,10H,5-7H2/t10-/m0/s1. The van der Waals surface area contributed by atoms with Crippen LogP contribution in [0.15, 0.2) is 33.5 Å². The second-order valence-electron chi connectivity index (χ2n) is 4.36. The van der Waals surface area contributed by atoms with Crippen LogP contribution in [0.4, 0.5) is 0 Å². The Labute approximate surface area is 112 Å². The molecule has 1 atom stereocenters. The van der Waals surface area contributed by atoms with Crippen LogP contribution >= 0.6 is 0 Å². The quantitative estimate of drug-likeness (QED) is 0.757. The average Bonchev–Trinajstić information content (AvgIpc) is 2.95. The molecule has 0 aliphatic carbocycles. The van der Waals surface area contributed by atoms with E-state index in [1.165, 1.54) is 0 Å². The SMILES string of the molecule is O=C(Cn1c(=O)oc2ccccc21)O[C@H]1CCOC1=O. The van der Waals surface area contributed by atoms with Crippen LogP contribution in [0.25, 0.3) is 11.1 Å². The second-order valence-corrected chi connectivity index (χ2v) is 4.36. The number of carbonyl (C=O) groups excluding carboxylic acids is 2. The van der Waals surface area contributed by atoms with Gasteiger partial charge >= 0.3 is 17.7 Å². The van der Waals surface area contributed by atoms with Gasteiger partial charge < -0.3 is 13.9 Å². The Morgan fingerprint density at radius 1 is 1.35 bits per heavy atom. The van der Waals surface area contributed by atoms with Crippen molar-refractivity contribution in [3.63, 3.8) is 0 Å². The van der Waals surface area contributed by atoms with E-state index in [0.29, 0.717) is 17.5 Å². The minimum absolute atomic E-state index is 0.241. The molecule has 0 N–H and O–H groups in total. The van der Waals surface area contributed by atoms with Crippen LogP contribution in [0.1, 0.15) is 6.42 Å². The summed E-state index contributed by atoms with van der Waals surface area (Å²) in [5.74, 6) is -1.87. The number of rotatable bonds is 3. The van der Waals surface area contributed by atoms with E-state index in [2.05, 4.69) is 0 Å². The van der Waals surface area contributed by atoms with Crippen LogP contribution in [-0.4, -0.2) is 29.2 Å². The molecule has 7 heteroatoms. The van der Waals surface area contributed by atoms with E-state index in [4.69, 9.17) is 13.9 Å². The summed E-state index contributed by atoms with van der Waals surface area (Å²) in [4.78, 5) is 34.7. The first-order valence-corrected chi connectivity index (χ1v) is 6.09. The molecule has 1 aliphatic rings.